The average Bonchev–Trinajstić information content (AvgIpc) is 2.89. The molecule has 0 aliphatic carbocycles. The van der Waals surface area contributed by atoms with Crippen molar-refractivity contribution in [1.82, 2.24) is 14.7 Å². The number of H-pyrrole nitrogens is 1. The number of aromatic nitrogens is 2. The van der Waals surface area contributed by atoms with Crippen molar-refractivity contribution in [2.24, 2.45) is 0 Å². The Labute approximate surface area is 115 Å². The van der Waals surface area contributed by atoms with Crippen LogP contribution in [0.5, 0.6) is 5.75 Å². The first-order valence-electron chi connectivity index (χ1n) is 5.33. The van der Waals surface area contributed by atoms with Gasteiger partial charge in [-0.3, -0.25) is 0 Å². The molecular weight excluding hydrogens is 290 g/mol. The lowest BCUT2D eigenvalue weighted by Crippen LogP contribution is -2.23. The summed E-state index contributed by atoms with van der Waals surface area (Å²) in [4.78, 5) is 6.69. The third kappa shape index (κ3) is 3.25. The van der Waals surface area contributed by atoms with Gasteiger partial charge in [-0.1, -0.05) is 11.6 Å². The van der Waals surface area contributed by atoms with Gasteiger partial charge >= 0.3 is 0 Å². The van der Waals surface area contributed by atoms with Gasteiger partial charge in [0.15, 0.2) is 0 Å². The molecule has 0 amide bonds. The zero-order chi connectivity index (χ0) is 13.9. The molecule has 2 N–H and O–H groups in total. The van der Waals surface area contributed by atoms with Gasteiger partial charge in [-0.05, 0) is 18.2 Å². The highest BCUT2D eigenvalue weighted by Gasteiger charge is 2.15. The number of imidazole rings is 1. The maximum atomic E-state index is 12.0. The third-order valence-electron chi connectivity index (χ3n) is 2.44. The molecule has 2 rings (SSSR count). The van der Waals surface area contributed by atoms with E-state index in [1.807, 2.05) is 0 Å². The van der Waals surface area contributed by atoms with Crippen LogP contribution < -0.4 is 9.46 Å². The molecule has 0 radical (unpaired) electrons. The van der Waals surface area contributed by atoms with Crippen LogP contribution >= 0.6 is 11.6 Å². The van der Waals surface area contributed by atoms with Crippen molar-refractivity contribution in [3.05, 3.63) is 41.4 Å². The topological polar surface area (TPSA) is 84.1 Å². The number of aromatic amines is 1. The Balaban J connectivity index is 2.17. The first-order valence-corrected chi connectivity index (χ1v) is 7.19. The molecule has 1 aromatic carbocycles. The van der Waals surface area contributed by atoms with E-state index in [1.165, 1.54) is 31.6 Å². The maximum Gasteiger partial charge on any atom is 0.240 e. The van der Waals surface area contributed by atoms with Crippen LogP contribution in [-0.2, 0) is 16.6 Å². The highest BCUT2D eigenvalue weighted by atomic mass is 35.5. The van der Waals surface area contributed by atoms with Crippen molar-refractivity contribution in [1.29, 1.82) is 0 Å². The fourth-order valence-electron chi connectivity index (χ4n) is 1.45. The fraction of sp³-hybridized carbons (Fsp3) is 0.182. The smallest absolute Gasteiger partial charge is 0.240 e. The number of methoxy groups -OCH3 is 1. The Hall–Kier alpha value is -1.57. The summed E-state index contributed by atoms with van der Waals surface area (Å²) in [5, 5.41) is 0.243. The van der Waals surface area contributed by atoms with Crippen molar-refractivity contribution >= 4 is 21.6 Å². The summed E-state index contributed by atoms with van der Waals surface area (Å²) < 4.78 is 31.5. The van der Waals surface area contributed by atoms with E-state index >= 15 is 0 Å². The van der Waals surface area contributed by atoms with Crippen LogP contribution in [0.2, 0.25) is 5.02 Å². The lowest BCUT2D eigenvalue weighted by Gasteiger charge is -2.08. The lowest BCUT2D eigenvalue weighted by molar-refractivity contribution is 0.414. The molecule has 6 nitrogen and oxygen atoms in total. The van der Waals surface area contributed by atoms with Crippen LogP contribution in [-0.4, -0.2) is 25.5 Å². The number of benzene rings is 1. The van der Waals surface area contributed by atoms with Gasteiger partial charge in [0.25, 0.3) is 0 Å². The number of rotatable bonds is 5. The summed E-state index contributed by atoms with van der Waals surface area (Å²) in [6.45, 7) is 0.131. The van der Waals surface area contributed by atoms with Crippen molar-refractivity contribution in [2.75, 3.05) is 7.11 Å². The van der Waals surface area contributed by atoms with E-state index in [2.05, 4.69) is 14.7 Å². The Morgan fingerprint density at radius 3 is 2.84 bits per heavy atom. The van der Waals surface area contributed by atoms with Crippen LogP contribution in [0, 0.1) is 0 Å². The average molecular weight is 302 g/mol. The van der Waals surface area contributed by atoms with E-state index < -0.39 is 10.0 Å². The number of hydrogen-bond donors (Lipinski definition) is 2. The molecule has 19 heavy (non-hydrogen) atoms. The third-order valence-corrected chi connectivity index (χ3v) is 4.14. The quantitative estimate of drug-likeness (QED) is 0.877. The van der Waals surface area contributed by atoms with Crippen LogP contribution in [0.25, 0.3) is 0 Å². The van der Waals surface area contributed by atoms with Crippen molar-refractivity contribution in [2.45, 2.75) is 11.4 Å². The van der Waals surface area contributed by atoms with Gasteiger partial charge in [0.1, 0.15) is 5.75 Å². The minimum absolute atomic E-state index is 0.0813. The molecule has 0 bridgehead atoms. The van der Waals surface area contributed by atoms with Crippen LogP contribution in [0.1, 0.15) is 5.69 Å². The van der Waals surface area contributed by atoms with Gasteiger partial charge in [-0.15, -0.1) is 0 Å². The number of hydrogen-bond acceptors (Lipinski definition) is 4. The monoisotopic (exact) mass is 301 g/mol. The standard InChI is InChI=1S/C11H12ClN3O3S/c1-18-11-3-2-9(4-10(11)12)19(16,17)15-6-8-5-13-7-14-8/h2-5,7,15H,6H2,1H3,(H,13,14). The van der Waals surface area contributed by atoms with Crippen molar-refractivity contribution in [3.63, 3.8) is 0 Å². The molecule has 0 saturated heterocycles. The summed E-state index contributed by atoms with van der Waals surface area (Å²) in [5.41, 5.74) is 0.670. The Bertz CT molecular complexity index is 656. The second-order valence-electron chi connectivity index (χ2n) is 3.70. The van der Waals surface area contributed by atoms with E-state index in [4.69, 9.17) is 16.3 Å². The minimum Gasteiger partial charge on any atom is -0.495 e. The molecule has 1 heterocycles. The van der Waals surface area contributed by atoms with E-state index in [-0.39, 0.29) is 16.5 Å². The molecule has 0 fully saturated rings. The van der Waals surface area contributed by atoms with Gasteiger partial charge < -0.3 is 9.72 Å². The second kappa shape index (κ2) is 5.60. The summed E-state index contributed by atoms with van der Waals surface area (Å²) in [6.07, 6.45) is 3.03. The van der Waals surface area contributed by atoms with Gasteiger partial charge in [0.2, 0.25) is 10.0 Å². The minimum atomic E-state index is -3.62. The molecule has 0 spiro atoms. The number of nitrogens with one attached hydrogen (secondary N) is 2. The number of sulfonamides is 1. The van der Waals surface area contributed by atoms with Crippen molar-refractivity contribution in [3.8, 4) is 5.75 Å². The van der Waals surface area contributed by atoms with E-state index in [9.17, 15) is 8.42 Å². The van der Waals surface area contributed by atoms with Gasteiger partial charge in [-0.2, -0.15) is 0 Å². The molecule has 0 atom stereocenters. The number of nitrogens with zero attached hydrogens (tertiary/aromatic N) is 1. The molecule has 0 aliphatic heterocycles. The molecule has 1 aromatic heterocycles. The molecule has 102 valence electrons. The Kier molecular flexibility index (Phi) is 4.08. The predicted molar refractivity (Wildman–Crippen MR) is 70.6 cm³/mol. The molecule has 0 aliphatic rings. The van der Waals surface area contributed by atoms with E-state index in [0.29, 0.717) is 11.4 Å². The first-order chi connectivity index (χ1) is 9.03. The molecule has 2 aromatic rings. The molecule has 8 heteroatoms. The largest absolute Gasteiger partial charge is 0.495 e. The zero-order valence-electron chi connectivity index (χ0n) is 10.1. The SMILES string of the molecule is COc1ccc(S(=O)(=O)NCc2cnc[nH]2)cc1Cl. The second-order valence-corrected chi connectivity index (χ2v) is 5.87. The maximum absolute atomic E-state index is 12.0. The van der Waals surface area contributed by atoms with Crippen molar-refractivity contribution < 1.29 is 13.2 Å². The van der Waals surface area contributed by atoms with Crippen LogP contribution in [0.4, 0.5) is 0 Å². The summed E-state index contributed by atoms with van der Waals surface area (Å²) in [6, 6.07) is 4.28. The fourth-order valence-corrected chi connectivity index (χ4v) is 2.81. The zero-order valence-corrected chi connectivity index (χ0v) is 11.6. The van der Waals surface area contributed by atoms with Crippen LogP contribution in [0.3, 0.4) is 0 Å². The summed E-state index contributed by atoms with van der Waals surface area (Å²) in [5.74, 6) is 0.425. The highest BCUT2D eigenvalue weighted by molar-refractivity contribution is 7.89. The summed E-state index contributed by atoms with van der Waals surface area (Å²) in [7, 11) is -2.16. The summed E-state index contributed by atoms with van der Waals surface area (Å²) >= 11 is 5.90. The van der Waals surface area contributed by atoms with Crippen LogP contribution in [0.15, 0.2) is 35.6 Å². The molecule has 0 unspecified atom stereocenters. The van der Waals surface area contributed by atoms with Gasteiger partial charge in [0.05, 0.1) is 29.9 Å². The van der Waals surface area contributed by atoms with Gasteiger partial charge in [-0.25, -0.2) is 18.1 Å². The molecule has 0 saturated carbocycles. The van der Waals surface area contributed by atoms with E-state index in [1.54, 1.807) is 6.20 Å². The normalized spacial score (nSPS) is 11.5. The lowest BCUT2D eigenvalue weighted by atomic mass is 10.3. The Morgan fingerprint density at radius 2 is 2.26 bits per heavy atom. The molecular formula is C11H12ClN3O3S. The highest BCUT2D eigenvalue weighted by Crippen LogP contribution is 2.26. The first kappa shape index (κ1) is 13.9. The predicted octanol–water partition coefficient (Wildman–Crippen LogP) is 1.55. The van der Waals surface area contributed by atoms with E-state index in [0.717, 1.165) is 0 Å². The Morgan fingerprint density at radius 1 is 1.47 bits per heavy atom. The number of ether oxygens (including phenoxy) is 1. The number of halogens is 1. The van der Waals surface area contributed by atoms with Gasteiger partial charge in [0, 0.05) is 11.9 Å².